The number of pyridine rings is 1. The molecule has 1 N–H and O–H groups in total. The second-order valence-electron chi connectivity index (χ2n) is 3.69. The number of benzene rings is 1. The van der Waals surface area contributed by atoms with E-state index >= 15 is 0 Å². The molecule has 2 nitrogen and oxygen atoms in total. The largest absolute Gasteiger partial charge is 0.386 e. The van der Waals surface area contributed by atoms with E-state index < -0.39 is 11.9 Å². The molecule has 0 bridgehead atoms. The molecule has 2 rings (SSSR count). The molecule has 0 aliphatic carbocycles. The highest BCUT2D eigenvalue weighted by Crippen LogP contribution is 2.22. The standard InChI is InChI=1S/C13H11ClFNO/c14-10-5-3-4-9(13(10)15)8-12(17)11-6-1-2-7-16-11/h1-7,12,17H,8H2. The SMILES string of the molecule is OC(Cc1cccc(Cl)c1F)c1ccccn1. The van der Waals surface area contributed by atoms with E-state index in [1.54, 1.807) is 36.5 Å². The van der Waals surface area contributed by atoms with Crippen LogP contribution in [0.2, 0.25) is 5.02 Å². The number of halogens is 2. The van der Waals surface area contributed by atoms with Gasteiger partial charge in [-0.15, -0.1) is 0 Å². The zero-order chi connectivity index (χ0) is 12.3. The van der Waals surface area contributed by atoms with Crippen molar-refractivity contribution in [2.75, 3.05) is 0 Å². The molecule has 0 fully saturated rings. The Morgan fingerprint density at radius 2 is 2.06 bits per heavy atom. The van der Waals surface area contributed by atoms with Crippen LogP contribution >= 0.6 is 11.6 Å². The van der Waals surface area contributed by atoms with Crippen LogP contribution in [0.1, 0.15) is 17.4 Å². The number of hydrogen-bond donors (Lipinski definition) is 1. The van der Waals surface area contributed by atoms with E-state index in [4.69, 9.17) is 11.6 Å². The minimum atomic E-state index is -0.829. The van der Waals surface area contributed by atoms with Crippen LogP contribution in [-0.4, -0.2) is 10.1 Å². The molecule has 4 heteroatoms. The van der Waals surface area contributed by atoms with E-state index in [0.29, 0.717) is 11.3 Å². The Hall–Kier alpha value is -1.45. The minimum Gasteiger partial charge on any atom is -0.386 e. The van der Waals surface area contributed by atoms with Gasteiger partial charge in [0.25, 0.3) is 0 Å². The summed E-state index contributed by atoms with van der Waals surface area (Å²) in [6.07, 6.45) is 0.917. The lowest BCUT2D eigenvalue weighted by atomic mass is 10.0. The Balaban J connectivity index is 2.19. The van der Waals surface area contributed by atoms with Crippen LogP contribution in [0.5, 0.6) is 0 Å². The Morgan fingerprint density at radius 1 is 1.24 bits per heavy atom. The number of hydrogen-bond acceptors (Lipinski definition) is 2. The maximum Gasteiger partial charge on any atom is 0.145 e. The van der Waals surface area contributed by atoms with E-state index in [2.05, 4.69) is 4.98 Å². The zero-order valence-corrected chi connectivity index (χ0v) is 9.73. The number of rotatable bonds is 3. The summed E-state index contributed by atoms with van der Waals surface area (Å²) in [5.74, 6) is -0.482. The van der Waals surface area contributed by atoms with Gasteiger partial charge in [-0.3, -0.25) is 4.98 Å². The van der Waals surface area contributed by atoms with Gasteiger partial charge in [0.1, 0.15) is 11.9 Å². The molecule has 0 saturated carbocycles. The monoisotopic (exact) mass is 251 g/mol. The molecule has 17 heavy (non-hydrogen) atoms. The average Bonchev–Trinajstić information content (AvgIpc) is 2.36. The lowest BCUT2D eigenvalue weighted by molar-refractivity contribution is 0.172. The molecular formula is C13H11ClFNO. The van der Waals surface area contributed by atoms with Gasteiger partial charge in [0.2, 0.25) is 0 Å². The van der Waals surface area contributed by atoms with Gasteiger partial charge in [-0.05, 0) is 23.8 Å². The molecule has 0 aliphatic rings. The molecule has 1 atom stereocenters. The Kier molecular flexibility index (Phi) is 3.71. The molecule has 88 valence electrons. The number of aliphatic hydroxyl groups is 1. The van der Waals surface area contributed by atoms with Crippen LogP contribution < -0.4 is 0 Å². The Bertz CT molecular complexity index is 504. The molecule has 1 heterocycles. The fraction of sp³-hybridized carbons (Fsp3) is 0.154. The molecule has 0 radical (unpaired) electrons. The first-order valence-electron chi connectivity index (χ1n) is 5.20. The second kappa shape index (κ2) is 5.25. The van der Waals surface area contributed by atoms with Gasteiger partial charge in [0.15, 0.2) is 0 Å². The number of nitrogens with zero attached hydrogens (tertiary/aromatic N) is 1. The first-order valence-corrected chi connectivity index (χ1v) is 5.58. The van der Waals surface area contributed by atoms with Gasteiger partial charge in [0, 0.05) is 12.6 Å². The van der Waals surface area contributed by atoms with Crippen molar-refractivity contribution in [1.82, 2.24) is 4.98 Å². The van der Waals surface area contributed by atoms with Crippen molar-refractivity contribution in [3.63, 3.8) is 0 Å². The fourth-order valence-corrected chi connectivity index (χ4v) is 1.79. The maximum absolute atomic E-state index is 13.6. The van der Waals surface area contributed by atoms with E-state index in [1.165, 1.54) is 6.07 Å². The first-order chi connectivity index (χ1) is 8.18. The third kappa shape index (κ3) is 2.81. The summed E-state index contributed by atoms with van der Waals surface area (Å²) < 4.78 is 13.6. The van der Waals surface area contributed by atoms with Crippen LogP contribution in [0.15, 0.2) is 42.6 Å². The summed E-state index contributed by atoms with van der Waals surface area (Å²) in [5, 5.41) is 9.98. The summed E-state index contributed by atoms with van der Waals surface area (Å²) in [4.78, 5) is 4.02. The summed E-state index contributed by atoms with van der Waals surface area (Å²) in [7, 11) is 0. The second-order valence-corrected chi connectivity index (χ2v) is 4.09. The van der Waals surface area contributed by atoms with Gasteiger partial charge in [-0.2, -0.15) is 0 Å². The van der Waals surface area contributed by atoms with Crippen molar-refractivity contribution in [1.29, 1.82) is 0 Å². The van der Waals surface area contributed by atoms with Crippen molar-refractivity contribution in [3.8, 4) is 0 Å². The van der Waals surface area contributed by atoms with E-state index in [1.807, 2.05) is 0 Å². The molecule has 2 aromatic rings. The van der Waals surface area contributed by atoms with Crippen LogP contribution in [-0.2, 0) is 6.42 Å². The van der Waals surface area contributed by atoms with Crippen molar-refractivity contribution < 1.29 is 9.50 Å². The molecule has 0 aliphatic heterocycles. The molecule has 1 aromatic carbocycles. The van der Waals surface area contributed by atoms with Gasteiger partial charge in [-0.25, -0.2) is 4.39 Å². The van der Waals surface area contributed by atoms with E-state index in [-0.39, 0.29) is 11.4 Å². The number of aliphatic hydroxyl groups excluding tert-OH is 1. The zero-order valence-electron chi connectivity index (χ0n) is 8.98. The van der Waals surface area contributed by atoms with E-state index in [0.717, 1.165) is 0 Å². The smallest absolute Gasteiger partial charge is 0.145 e. The third-order valence-corrected chi connectivity index (χ3v) is 2.77. The van der Waals surface area contributed by atoms with Crippen LogP contribution in [0.25, 0.3) is 0 Å². The molecule has 0 saturated heterocycles. The highest BCUT2D eigenvalue weighted by Gasteiger charge is 2.13. The van der Waals surface area contributed by atoms with Crippen LogP contribution in [0.3, 0.4) is 0 Å². The van der Waals surface area contributed by atoms with Crippen LogP contribution in [0.4, 0.5) is 4.39 Å². The summed E-state index contributed by atoms with van der Waals surface area (Å²) in [5.41, 5.74) is 0.905. The Morgan fingerprint density at radius 3 is 2.76 bits per heavy atom. The van der Waals surface area contributed by atoms with Crippen molar-refractivity contribution >= 4 is 11.6 Å². The lowest BCUT2D eigenvalue weighted by Crippen LogP contribution is -2.05. The van der Waals surface area contributed by atoms with Gasteiger partial charge < -0.3 is 5.11 Å². The highest BCUT2D eigenvalue weighted by molar-refractivity contribution is 6.30. The van der Waals surface area contributed by atoms with E-state index in [9.17, 15) is 9.50 Å². The van der Waals surface area contributed by atoms with Crippen molar-refractivity contribution in [2.45, 2.75) is 12.5 Å². The topological polar surface area (TPSA) is 33.1 Å². The highest BCUT2D eigenvalue weighted by atomic mass is 35.5. The predicted molar refractivity (Wildman–Crippen MR) is 64.3 cm³/mol. The molecular weight excluding hydrogens is 241 g/mol. The molecule has 1 aromatic heterocycles. The number of aromatic nitrogens is 1. The fourth-order valence-electron chi connectivity index (χ4n) is 1.59. The van der Waals surface area contributed by atoms with Gasteiger partial charge in [-0.1, -0.05) is 29.8 Å². The normalized spacial score (nSPS) is 12.4. The third-order valence-electron chi connectivity index (χ3n) is 2.47. The summed E-state index contributed by atoms with van der Waals surface area (Å²) in [6, 6.07) is 9.98. The molecule has 0 spiro atoms. The predicted octanol–water partition coefficient (Wildman–Crippen LogP) is 3.15. The van der Waals surface area contributed by atoms with Gasteiger partial charge >= 0.3 is 0 Å². The van der Waals surface area contributed by atoms with Crippen molar-refractivity contribution in [2.24, 2.45) is 0 Å². The summed E-state index contributed by atoms with van der Waals surface area (Å²) in [6.45, 7) is 0. The maximum atomic E-state index is 13.6. The van der Waals surface area contributed by atoms with Crippen LogP contribution in [0, 0.1) is 5.82 Å². The van der Waals surface area contributed by atoms with Crippen molar-refractivity contribution in [3.05, 3.63) is 64.7 Å². The molecule has 0 amide bonds. The quantitative estimate of drug-likeness (QED) is 0.909. The average molecular weight is 252 g/mol. The minimum absolute atomic E-state index is 0.0655. The summed E-state index contributed by atoms with van der Waals surface area (Å²) >= 11 is 5.67. The Labute approximate surface area is 104 Å². The lowest BCUT2D eigenvalue weighted by Gasteiger charge is -2.11. The first kappa shape index (κ1) is 12.0. The molecule has 1 unspecified atom stereocenters. The van der Waals surface area contributed by atoms with Gasteiger partial charge in [0.05, 0.1) is 10.7 Å².